The lowest BCUT2D eigenvalue weighted by atomic mass is 10.2. The number of carbonyl (C=O) groups excluding carboxylic acids is 3. The molecule has 2 aliphatic rings. The van der Waals surface area contributed by atoms with Gasteiger partial charge in [-0.15, -0.1) is 0 Å². The average molecular weight is 665 g/mol. The maximum Gasteiger partial charge on any atom is 0.322 e. The number of anilines is 2. The Bertz CT molecular complexity index is 1740. The van der Waals surface area contributed by atoms with Gasteiger partial charge >= 0.3 is 12.1 Å². The van der Waals surface area contributed by atoms with E-state index in [9.17, 15) is 14.4 Å². The van der Waals surface area contributed by atoms with Gasteiger partial charge in [0.1, 0.15) is 23.0 Å². The Morgan fingerprint density at radius 1 is 0.694 bits per heavy atom. The number of aryl methyl sites for hydroxylation is 2. The molecule has 2 heterocycles. The van der Waals surface area contributed by atoms with Crippen molar-refractivity contribution in [2.45, 2.75) is 90.4 Å². The van der Waals surface area contributed by atoms with E-state index in [1.165, 1.54) is 0 Å². The number of primary amides is 1. The highest BCUT2D eigenvalue weighted by Crippen LogP contribution is 2.28. The Hall–Kier alpha value is -5.50. The molecule has 0 aliphatic heterocycles. The van der Waals surface area contributed by atoms with E-state index >= 15 is 0 Å². The normalized spacial score (nSPS) is 14.4. The summed E-state index contributed by atoms with van der Waals surface area (Å²) in [6, 6.07) is 23.4. The lowest BCUT2D eigenvalue weighted by Gasteiger charge is -2.28. The van der Waals surface area contributed by atoms with Crippen LogP contribution in [0.5, 0.6) is 0 Å². The summed E-state index contributed by atoms with van der Waals surface area (Å²) in [4.78, 5) is 40.4. The molecular weight excluding hydrogens is 620 g/mol. The minimum absolute atomic E-state index is 0.124. The number of nitriles is 1. The first-order chi connectivity index (χ1) is 23.7. The lowest BCUT2D eigenvalue weighted by Crippen LogP contribution is -2.41. The van der Waals surface area contributed by atoms with E-state index < -0.39 is 5.91 Å². The number of nitrogens with two attached hydrogens (primary N) is 1. The first-order valence-electron chi connectivity index (χ1n) is 16.8. The van der Waals surface area contributed by atoms with Crippen LogP contribution in [0.4, 0.5) is 21.0 Å². The molecule has 2 aliphatic carbocycles. The van der Waals surface area contributed by atoms with Crippen molar-refractivity contribution in [3.8, 4) is 6.07 Å². The van der Waals surface area contributed by atoms with Crippen molar-refractivity contribution < 1.29 is 23.2 Å². The van der Waals surface area contributed by atoms with Crippen LogP contribution in [0.1, 0.15) is 90.3 Å². The van der Waals surface area contributed by atoms with Crippen LogP contribution in [0.2, 0.25) is 0 Å². The summed E-state index contributed by atoms with van der Waals surface area (Å²) in [5.74, 6) is 2.78. The minimum atomic E-state index is -0.487. The maximum absolute atomic E-state index is 12.8. The highest BCUT2D eigenvalue weighted by atomic mass is 16.3. The summed E-state index contributed by atoms with van der Waals surface area (Å²) in [7, 11) is 0. The number of benzene rings is 2. The highest BCUT2D eigenvalue weighted by Gasteiger charge is 2.29. The van der Waals surface area contributed by atoms with Crippen molar-refractivity contribution in [2.75, 3.05) is 10.6 Å². The molecule has 11 heteroatoms. The van der Waals surface area contributed by atoms with Crippen LogP contribution < -0.4 is 16.4 Å². The third-order valence-corrected chi connectivity index (χ3v) is 8.98. The summed E-state index contributed by atoms with van der Waals surface area (Å²) in [5.41, 5.74) is 7.55. The van der Waals surface area contributed by atoms with Gasteiger partial charge in [-0.2, -0.15) is 5.26 Å². The molecule has 0 radical (unpaired) electrons. The Balaban J connectivity index is 0.000000191. The molecule has 11 nitrogen and oxygen atoms in total. The van der Waals surface area contributed by atoms with Crippen molar-refractivity contribution in [3.63, 3.8) is 0 Å². The first-order valence-corrected chi connectivity index (χ1v) is 16.8. The fourth-order valence-corrected chi connectivity index (χ4v) is 6.38. The van der Waals surface area contributed by atoms with Crippen LogP contribution in [-0.2, 0) is 13.1 Å². The van der Waals surface area contributed by atoms with Gasteiger partial charge in [-0.25, -0.2) is 9.59 Å². The topological polar surface area (TPSA) is 158 Å². The zero-order chi connectivity index (χ0) is 34.8. The van der Waals surface area contributed by atoms with Gasteiger partial charge in [0, 0.05) is 29.0 Å². The van der Waals surface area contributed by atoms with E-state index in [2.05, 4.69) is 16.7 Å². The van der Waals surface area contributed by atoms with Crippen molar-refractivity contribution in [1.29, 1.82) is 5.26 Å². The Morgan fingerprint density at radius 3 is 1.45 bits per heavy atom. The zero-order valence-corrected chi connectivity index (χ0v) is 28.1. The van der Waals surface area contributed by atoms with E-state index in [1.807, 2.05) is 47.9 Å². The van der Waals surface area contributed by atoms with Gasteiger partial charge in [-0.05, 0) is 112 Å². The molecule has 2 aromatic heterocycles. The Kier molecular flexibility index (Phi) is 11.8. The van der Waals surface area contributed by atoms with E-state index in [0.29, 0.717) is 35.6 Å². The molecule has 4 N–H and O–H groups in total. The van der Waals surface area contributed by atoms with Crippen LogP contribution in [0.15, 0.2) is 81.6 Å². The molecule has 2 fully saturated rings. The summed E-state index contributed by atoms with van der Waals surface area (Å²) in [6.07, 6.45) is 8.66. The van der Waals surface area contributed by atoms with Crippen molar-refractivity contribution >= 4 is 29.3 Å². The molecule has 256 valence electrons. The maximum atomic E-state index is 12.8. The van der Waals surface area contributed by atoms with E-state index in [0.717, 1.165) is 74.4 Å². The van der Waals surface area contributed by atoms with E-state index in [4.69, 9.17) is 19.8 Å². The quantitative estimate of drug-likeness (QED) is 0.164. The minimum Gasteiger partial charge on any atom is -0.464 e. The summed E-state index contributed by atoms with van der Waals surface area (Å²) >= 11 is 0. The number of urea groups is 2. The van der Waals surface area contributed by atoms with Gasteiger partial charge < -0.3 is 35.0 Å². The van der Waals surface area contributed by atoms with Crippen LogP contribution >= 0.6 is 0 Å². The van der Waals surface area contributed by atoms with Crippen LogP contribution in [0.3, 0.4) is 0 Å². The van der Waals surface area contributed by atoms with E-state index in [1.54, 1.807) is 48.5 Å². The monoisotopic (exact) mass is 664 g/mol. The van der Waals surface area contributed by atoms with Crippen LogP contribution in [-0.4, -0.2) is 39.9 Å². The molecule has 0 saturated heterocycles. The predicted octanol–water partition coefficient (Wildman–Crippen LogP) is 8.10. The van der Waals surface area contributed by atoms with Gasteiger partial charge in [0.2, 0.25) is 5.91 Å². The second kappa shape index (κ2) is 16.6. The third-order valence-electron chi connectivity index (χ3n) is 8.98. The van der Waals surface area contributed by atoms with Crippen LogP contribution in [0, 0.1) is 25.2 Å². The van der Waals surface area contributed by atoms with Crippen LogP contribution in [0.25, 0.3) is 0 Å². The largest absolute Gasteiger partial charge is 0.464 e. The number of carbonyl (C=O) groups is 3. The molecule has 4 aromatic rings. The Morgan fingerprint density at radius 2 is 1.10 bits per heavy atom. The SMILES string of the molecule is Cc1ccc(CN(C(=O)Nc2ccc(C#N)cc2)C2CCCC2)o1.Cc1ccc(CN(C(=O)Nc2ccc(C(N)=O)cc2)C2CCCC2)o1. The smallest absolute Gasteiger partial charge is 0.322 e. The van der Waals surface area contributed by atoms with Gasteiger partial charge in [0.15, 0.2) is 0 Å². The number of rotatable bonds is 9. The molecule has 0 bridgehead atoms. The summed E-state index contributed by atoms with van der Waals surface area (Å²) < 4.78 is 11.3. The lowest BCUT2D eigenvalue weighted by molar-refractivity contribution is 0.1000. The molecule has 0 atom stereocenters. The number of hydrogen-bond acceptors (Lipinski definition) is 6. The molecule has 49 heavy (non-hydrogen) atoms. The average Bonchev–Trinajstić information content (AvgIpc) is 3.93. The molecule has 0 spiro atoms. The van der Waals surface area contributed by atoms with Gasteiger partial charge in [0.25, 0.3) is 0 Å². The third kappa shape index (κ3) is 9.76. The number of hydrogen-bond donors (Lipinski definition) is 3. The van der Waals surface area contributed by atoms with Gasteiger partial charge in [-0.3, -0.25) is 4.79 Å². The first kappa shape index (κ1) is 34.8. The fraction of sp³-hybridized carbons (Fsp3) is 0.368. The summed E-state index contributed by atoms with van der Waals surface area (Å²) in [6.45, 7) is 4.72. The molecule has 2 aromatic carbocycles. The van der Waals surface area contributed by atoms with Gasteiger partial charge in [0.05, 0.1) is 24.7 Å². The number of nitrogens with one attached hydrogen (secondary N) is 2. The molecule has 6 rings (SSSR count). The molecule has 2 saturated carbocycles. The van der Waals surface area contributed by atoms with E-state index in [-0.39, 0.29) is 24.1 Å². The van der Waals surface area contributed by atoms with Gasteiger partial charge in [-0.1, -0.05) is 25.7 Å². The van der Waals surface area contributed by atoms with Crippen molar-refractivity contribution in [2.24, 2.45) is 5.73 Å². The second-order valence-corrected chi connectivity index (χ2v) is 12.6. The summed E-state index contributed by atoms with van der Waals surface area (Å²) in [5, 5.41) is 14.7. The molecular formula is C38H44N6O5. The van der Waals surface area contributed by atoms with Crippen molar-refractivity contribution in [1.82, 2.24) is 9.80 Å². The second-order valence-electron chi connectivity index (χ2n) is 12.6. The number of amides is 5. The van der Waals surface area contributed by atoms with Crippen molar-refractivity contribution in [3.05, 3.63) is 107 Å². The zero-order valence-electron chi connectivity index (χ0n) is 28.1. The molecule has 5 amide bonds. The fourth-order valence-electron chi connectivity index (χ4n) is 6.38. The standard InChI is InChI=1S/C19H23N3O3.C19H21N3O2/c1-13-6-11-17(25-13)12-22(16-4-2-3-5-16)19(24)21-15-9-7-14(8-10-15)18(20)23;1-14-6-11-18(24-14)13-22(17-4-2-3-5-17)19(23)21-16-9-7-15(12-20)8-10-16/h6-11,16H,2-5,12H2,1H3,(H2,20,23)(H,21,24);6-11,17H,2-5,13H2,1H3,(H,21,23). The number of nitrogens with zero attached hydrogens (tertiary/aromatic N) is 3. The number of furan rings is 2. The predicted molar refractivity (Wildman–Crippen MR) is 187 cm³/mol. The Labute approximate surface area is 287 Å². The molecule has 0 unspecified atom stereocenters. The highest BCUT2D eigenvalue weighted by molar-refractivity contribution is 5.94.